The highest BCUT2D eigenvalue weighted by molar-refractivity contribution is 9.10. The first kappa shape index (κ1) is 35.7. The lowest BCUT2D eigenvalue weighted by Crippen LogP contribution is -2.35. The number of amides is 2. The van der Waals surface area contributed by atoms with Crippen LogP contribution in [0.1, 0.15) is 60.2 Å². The molecule has 4 rings (SSSR count). The molecule has 0 aromatic carbocycles. The van der Waals surface area contributed by atoms with Gasteiger partial charge in [0, 0.05) is 37.9 Å². The Morgan fingerprint density at radius 3 is 1.60 bits per heavy atom. The van der Waals surface area contributed by atoms with Crippen molar-refractivity contribution in [2.75, 3.05) is 31.5 Å². The molecule has 2 fully saturated rings. The van der Waals surface area contributed by atoms with Gasteiger partial charge in [-0.2, -0.15) is 0 Å². The van der Waals surface area contributed by atoms with Crippen molar-refractivity contribution in [3.8, 4) is 0 Å². The molecule has 0 radical (unpaired) electrons. The van der Waals surface area contributed by atoms with Crippen LogP contribution in [0, 0.1) is 23.5 Å². The maximum absolute atomic E-state index is 12.7. The van der Waals surface area contributed by atoms with Crippen LogP contribution < -0.4 is 0 Å². The summed E-state index contributed by atoms with van der Waals surface area (Å²) < 4.78 is 35.7. The molecule has 2 aliphatic rings. The average molecular weight is 722 g/mol. The van der Waals surface area contributed by atoms with Gasteiger partial charge < -0.3 is 19.3 Å². The van der Waals surface area contributed by atoms with Gasteiger partial charge in [0.2, 0.25) is 0 Å². The Hall–Kier alpha value is -2.48. The van der Waals surface area contributed by atoms with Crippen LogP contribution in [0.25, 0.3) is 0 Å². The minimum atomic E-state index is -0.477. The normalized spacial score (nSPS) is 18.4. The van der Waals surface area contributed by atoms with E-state index in [9.17, 15) is 18.4 Å². The van der Waals surface area contributed by atoms with Crippen molar-refractivity contribution >= 4 is 44.0 Å². The second kappa shape index (κ2) is 16.4. The molecule has 0 aliphatic carbocycles. The SMILES string of the molecule is CC(C)(C)OC(=O)N1CCC(CBr)C1.CC(C)(C)OC(=O)N1CCC(Cc2ncc(F)cn2)C1.Fc1cnc(Br)nc1. The maximum Gasteiger partial charge on any atom is 0.410 e. The first-order chi connectivity index (χ1) is 19.5. The number of ether oxygens (including phenoxy) is 2. The van der Waals surface area contributed by atoms with E-state index >= 15 is 0 Å². The van der Waals surface area contributed by atoms with Crippen molar-refractivity contribution < 1.29 is 27.8 Å². The molecule has 0 bridgehead atoms. The molecule has 2 saturated heterocycles. The summed E-state index contributed by atoms with van der Waals surface area (Å²) in [6.45, 7) is 14.2. The molecule has 2 atom stereocenters. The minimum absolute atomic E-state index is 0.180. The largest absolute Gasteiger partial charge is 0.444 e. The van der Waals surface area contributed by atoms with Gasteiger partial charge in [0.1, 0.15) is 17.0 Å². The van der Waals surface area contributed by atoms with Crippen LogP contribution in [0.2, 0.25) is 0 Å². The predicted octanol–water partition coefficient (Wildman–Crippen LogP) is 6.43. The number of aromatic nitrogens is 4. The summed E-state index contributed by atoms with van der Waals surface area (Å²) in [5.74, 6) is 0.640. The summed E-state index contributed by atoms with van der Waals surface area (Å²) in [6.07, 6.45) is 6.69. The summed E-state index contributed by atoms with van der Waals surface area (Å²) in [7, 11) is 0. The fourth-order valence-corrected chi connectivity index (χ4v) is 4.67. The molecule has 4 heterocycles. The van der Waals surface area contributed by atoms with Gasteiger partial charge in [-0.1, -0.05) is 15.9 Å². The molecule has 0 spiro atoms. The molecule has 2 unspecified atom stereocenters. The van der Waals surface area contributed by atoms with Gasteiger partial charge in [-0.05, 0) is 82.1 Å². The molecule has 234 valence electrons. The number of rotatable bonds is 3. The summed E-state index contributed by atoms with van der Waals surface area (Å²) in [4.78, 5) is 42.0. The van der Waals surface area contributed by atoms with E-state index in [0.29, 0.717) is 41.9 Å². The molecular formula is C28H40Br2F2N6O4. The van der Waals surface area contributed by atoms with Crippen molar-refractivity contribution in [3.63, 3.8) is 0 Å². The Bertz CT molecular complexity index is 1110. The number of nitrogens with zero attached hydrogens (tertiary/aromatic N) is 6. The lowest BCUT2D eigenvalue weighted by atomic mass is 10.0. The minimum Gasteiger partial charge on any atom is -0.444 e. The summed E-state index contributed by atoms with van der Waals surface area (Å²) in [6, 6.07) is 0. The summed E-state index contributed by atoms with van der Waals surface area (Å²) >= 11 is 6.39. The van der Waals surface area contributed by atoms with Crippen LogP contribution in [0.5, 0.6) is 0 Å². The second-order valence-electron chi connectivity index (χ2n) is 12.0. The Morgan fingerprint density at radius 1 is 0.810 bits per heavy atom. The van der Waals surface area contributed by atoms with Gasteiger partial charge in [0.15, 0.2) is 16.4 Å². The van der Waals surface area contributed by atoms with Crippen molar-refractivity contribution in [1.82, 2.24) is 29.7 Å². The molecule has 10 nitrogen and oxygen atoms in total. The Balaban J connectivity index is 0.000000242. The number of alkyl halides is 1. The molecule has 0 saturated carbocycles. The molecule has 2 aromatic rings. The molecule has 42 heavy (non-hydrogen) atoms. The third-order valence-corrected chi connectivity index (χ3v) is 7.15. The Kier molecular flexibility index (Phi) is 13.9. The van der Waals surface area contributed by atoms with Crippen molar-refractivity contribution in [2.24, 2.45) is 11.8 Å². The zero-order valence-electron chi connectivity index (χ0n) is 24.9. The van der Waals surface area contributed by atoms with E-state index in [1.807, 2.05) is 41.5 Å². The van der Waals surface area contributed by atoms with Gasteiger partial charge in [0.05, 0.1) is 24.8 Å². The Morgan fingerprint density at radius 2 is 1.21 bits per heavy atom. The zero-order valence-corrected chi connectivity index (χ0v) is 28.1. The van der Waals surface area contributed by atoms with Gasteiger partial charge >= 0.3 is 12.2 Å². The van der Waals surface area contributed by atoms with E-state index in [-0.39, 0.29) is 17.8 Å². The monoisotopic (exact) mass is 720 g/mol. The third-order valence-electron chi connectivity index (χ3n) is 5.83. The topological polar surface area (TPSA) is 111 Å². The van der Waals surface area contributed by atoms with Crippen LogP contribution in [0.4, 0.5) is 18.4 Å². The number of carbonyl (C=O) groups is 2. The standard InChI is InChI=1S/C14H20FN3O2.C10H18BrNO2.C4H2BrFN2/c1-14(2,3)20-13(19)18-5-4-10(9-18)6-12-16-7-11(15)8-17-12;1-10(2,3)14-9(13)12-5-4-8(6-11)7-12;5-4-7-1-3(6)2-8-4/h7-8,10H,4-6,9H2,1-3H3;8H,4-7H2,1-3H3;1-2H. The van der Waals surface area contributed by atoms with E-state index in [1.165, 1.54) is 12.4 Å². The number of hydrogen-bond donors (Lipinski definition) is 0. The number of likely N-dealkylation sites (tertiary alicyclic amines) is 2. The predicted molar refractivity (Wildman–Crippen MR) is 161 cm³/mol. The second-order valence-corrected chi connectivity index (χ2v) is 13.4. The highest BCUT2D eigenvalue weighted by Gasteiger charge is 2.30. The average Bonchev–Trinajstić information content (AvgIpc) is 3.56. The fraction of sp³-hybridized carbons (Fsp3) is 0.643. The lowest BCUT2D eigenvalue weighted by Gasteiger charge is -2.24. The van der Waals surface area contributed by atoms with Gasteiger partial charge in [-0.15, -0.1) is 0 Å². The van der Waals surface area contributed by atoms with Crippen molar-refractivity contribution in [1.29, 1.82) is 0 Å². The van der Waals surface area contributed by atoms with Gasteiger partial charge in [-0.25, -0.2) is 38.3 Å². The van der Waals surface area contributed by atoms with E-state index in [0.717, 1.165) is 43.7 Å². The van der Waals surface area contributed by atoms with Crippen molar-refractivity contribution in [2.45, 2.75) is 72.0 Å². The number of halogens is 4. The van der Waals surface area contributed by atoms with E-state index in [1.54, 1.807) is 9.80 Å². The molecule has 0 N–H and O–H groups in total. The highest BCUT2D eigenvalue weighted by Crippen LogP contribution is 2.22. The highest BCUT2D eigenvalue weighted by atomic mass is 79.9. The zero-order chi connectivity index (χ0) is 31.5. The number of carbonyl (C=O) groups excluding carboxylic acids is 2. The van der Waals surface area contributed by atoms with Crippen LogP contribution in [-0.4, -0.2) is 84.6 Å². The lowest BCUT2D eigenvalue weighted by molar-refractivity contribution is 0.0278. The van der Waals surface area contributed by atoms with E-state index in [2.05, 4.69) is 51.8 Å². The molecule has 2 aromatic heterocycles. The van der Waals surface area contributed by atoms with Crippen molar-refractivity contribution in [3.05, 3.63) is 47.0 Å². The van der Waals surface area contributed by atoms with Crippen LogP contribution in [0.3, 0.4) is 0 Å². The molecular weight excluding hydrogens is 682 g/mol. The Labute approximate surface area is 263 Å². The first-order valence-corrected chi connectivity index (χ1v) is 15.6. The van der Waals surface area contributed by atoms with Crippen LogP contribution >= 0.6 is 31.9 Å². The summed E-state index contributed by atoms with van der Waals surface area (Å²) in [5, 5.41) is 0.965. The summed E-state index contributed by atoms with van der Waals surface area (Å²) in [5.41, 5.74) is -0.862. The molecule has 14 heteroatoms. The molecule has 2 amide bonds. The quantitative estimate of drug-likeness (QED) is 0.264. The number of hydrogen-bond acceptors (Lipinski definition) is 8. The first-order valence-electron chi connectivity index (χ1n) is 13.7. The molecule has 2 aliphatic heterocycles. The van der Waals surface area contributed by atoms with Gasteiger partial charge in [0.25, 0.3) is 0 Å². The fourth-order valence-electron chi connectivity index (χ4n) is 3.94. The van der Waals surface area contributed by atoms with E-state index < -0.39 is 17.2 Å². The third kappa shape index (κ3) is 14.1. The van der Waals surface area contributed by atoms with Crippen LogP contribution in [0.15, 0.2) is 29.5 Å². The van der Waals surface area contributed by atoms with Crippen LogP contribution in [-0.2, 0) is 15.9 Å². The maximum atomic E-state index is 12.7. The van der Waals surface area contributed by atoms with E-state index in [4.69, 9.17) is 9.47 Å². The smallest absolute Gasteiger partial charge is 0.410 e. The van der Waals surface area contributed by atoms with Gasteiger partial charge in [-0.3, -0.25) is 0 Å².